The molecule has 0 spiro atoms. The maximum Gasteiger partial charge on any atom is 0.279 e. The molecular formula is C14H18N4O3S. The summed E-state index contributed by atoms with van der Waals surface area (Å²) in [4.78, 5) is 8.28. The maximum atomic E-state index is 11.7. The van der Waals surface area contributed by atoms with Crippen molar-refractivity contribution >= 4 is 10.2 Å². The molecule has 1 aromatic heterocycles. The van der Waals surface area contributed by atoms with Crippen LogP contribution < -0.4 is 9.46 Å². The van der Waals surface area contributed by atoms with E-state index >= 15 is 0 Å². The normalized spacial score (nSPS) is 11.6. The van der Waals surface area contributed by atoms with Crippen LogP contribution in [0, 0.1) is 0 Å². The van der Waals surface area contributed by atoms with Gasteiger partial charge in [0.05, 0.1) is 25.0 Å². The first-order valence-corrected chi connectivity index (χ1v) is 7.99. The third-order valence-corrected chi connectivity index (χ3v) is 4.50. The summed E-state index contributed by atoms with van der Waals surface area (Å²) in [6.07, 6.45) is 1.42. The van der Waals surface area contributed by atoms with Gasteiger partial charge in [-0.1, -0.05) is 0 Å². The van der Waals surface area contributed by atoms with Crippen LogP contribution in [0.3, 0.4) is 0 Å². The molecule has 0 bridgehead atoms. The molecule has 0 unspecified atom stereocenters. The lowest BCUT2D eigenvalue weighted by Crippen LogP contribution is -2.35. The number of aromatic nitrogens is 2. The van der Waals surface area contributed by atoms with Gasteiger partial charge in [-0.2, -0.15) is 17.4 Å². The second-order valence-corrected chi connectivity index (χ2v) is 6.70. The van der Waals surface area contributed by atoms with Crippen LogP contribution in [-0.2, 0) is 16.8 Å². The van der Waals surface area contributed by atoms with Gasteiger partial charge in [0.25, 0.3) is 10.2 Å². The fourth-order valence-corrected chi connectivity index (χ4v) is 2.30. The fourth-order valence-electron chi connectivity index (χ4n) is 1.71. The summed E-state index contributed by atoms with van der Waals surface area (Å²) < 4.78 is 32.1. The number of nitrogens with zero attached hydrogens (tertiary/aromatic N) is 3. The Kier molecular flexibility index (Phi) is 5.07. The second-order valence-electron chi connectivity index (χ2n) is 4.73. The highest BCUT2D eigenvalue weighted by Crippen LogP contribution is 2.20. The van der Waals surface area contributed by atoms with E-state index in [4.69, 9.17) is 4.74 Å². The Labute approximate surface area is 130 Å². The SMILES string of the molecule is COc1ccc(-c2cc(CNS(=O)(=O)N(C)C)ncn2)cc1. The lowest BCUT2D eigenvalue weighted by Gasteiger charge is -2.12. The van der Waals surface area contributed by atoms with Gasteiger partial charge < -0.3 is 4.74 Å². The standard InChI is InChI=1S/C14H18N4O3S/c1-18(2)22(19,20)17-9-12-8-14(16-10-15-12)11-4-6-13(21-3)7-5-11/h4-8,10,17H,9H2,1-3H3. The summed E-state index contributed by atoms with van der Waals surface area (Å²) in [6.45, 7) is 0.103. The second kappa shape index (κ2) is 6.82. The third-order valence-electron chi connectivity index (χ3n) is 3.03. The van der Waals surface area contributed by atoms with Crippen molar-refractivity contribution in [1.82, 2.24) is 19.0 Å². The monoisotopic (exact) mass is 322 g/mol. The molecule has 1 heterocycles. The Bertz CT molecular complexity index is 730. The summed E-state index contributed by atoms with van der Waals surface area (Å²) >= 11 is 0. The van der Waals surface area contributed by atoms with Crippen molar-refractivity contribution in [3.63, 3.8) is 0 Å². The van der Waals surface area contributed by atoms with Crippen molar-refractivity contribution in [3.05, 3.63) is 42.4 Å². The molecule has 0 radical (unpaired) electrons. The smallest absolute Gasteiger partial charge is 0.279 e. The molecule has 0 aliphatic heterocycles. The lowest BCUT2D eigenvalue weighted by atomic mass is 10.1. The van der Waals surface area contributed by atoms with Gasteiger partial charge in [-0.05, 0) is 30.3 Å². The van der Waals surface area contributed by atoms with Crippen molar-refractivity contribution in [2.24, 2.45) is 0 Å². The zero-order chi connectivity index (χ0) is 16.2. The molecule has 0 amide bonds. The molecule has 22 heavy (non-hydrogen) atoms. The number of nitrogens with one attached hydrogen (secondary N) is 1. The predicted octanol–water partition coefficient (Wildman–Crippen LogP) is 1.05. The van der Waals surface area contributed by atoms with Gasteiger partial charge in [-0.25, -0.2) is 9.97 Å². The van der Waals surface area contributed by atoms with Crippen LogP contribution in [0.1, 0.15) is 5.69 Å². The van der Waals surface area contributed by atoms with Crippen LogP contribution in [-0.4, -0.2) is 43.9 Å². The zero-order valence-corrected chi connectivity index (χ0v) is 13.5. The number of benzene rings is 1. The highest BCUT2D eigenvalue weighted by Gasteiger charge is 2.13. The van der Waals surface area contributed by atoms with E-state index in [-0.39, 0.29) is 6.54 Å². The van der Waals surface area contributed by atoms with E-state index in [9.17, 15) is 8.42 Å². The first-order chi connectivity index (χ1) is 10.4. The van der Waals surface area contributed by atoms with Crippen LogP contribution in [0.2, 0.25) is 0 Å². The summed E-state index contributed by atoms with van der Waals surface area (Å²) in [5.41, 5.74) is 2.21. The van der Waals surface area contributed by atoms with Crippen molar-refractivity contribution in [2.45, 2.75) is 6.54 Å². The molecule has 8 heteroatoms. The minimum Gasteiger partial charge on any atom is -0.497 e. The van der Waals surface area contributed by atoms with Gasteiger partial charge in [-0.3, -0.25) is 0 Å². The molecule has 1 aromatic carbocycles. The molecule has 0 aliphatic rings. The molecule has 7 nitrogen and oxygen atoms in total. The predicted molar refractivity (Wildman–Crippen MR) is 83.5 cm³/mol. The van der Waals surface area contributed by atoms with E-state index in [1.807, 2.05) is 24.3 Å². The van der Waals surface area contributed by atoms with E-state index in [1.165, 1.54) is 20.4 Å². The molecule has 0 saturated heterocycles. The first-order valence-electron chi connectivity index (χ1n) is 6.55. The van der Waals surface area contributed by atoms with E-state index in [0.29, 0.717) is 5.69 Å². The first kappa shape index (κ1) is 16.3. The largest absolute Gasteiger partial charge is 0.497 e. The minimum atomic E-state index is -3.48. The van der Waals surface area contributed by atoms with Gasteiger partial charge in [0.2, 0.25) is 0 Å². The Balaban J connectivity index is 2.16. The Morgan fingerprint density at radius 1 is 1.18 bits per heavy atom. The summed E-state index contributed by atoms with van der Waals surface area (Å²) in [7, 11) is 1.06. The van der Waals surface area contributed by atoms with Crippen LogP contribution in [0.15, 0.2) is 36.7 Å². The van der Waals surface area contributed by atoms with Crippen molar-refractivity contribution in [3.8, 4) is 17.0 Å². The number of hydrogen-bond acceptors (Lipinski definition) is 5. The summed E-state index contributed by atoms with van der Waals surface area (Å²) in [5, 5.41) is 0. The Morgan fingerprint density at radius 2 is 1.86 bits per heavy atom. The van der Waals surface area contributed by atoms with Crippen molar-refractivity contribution in [2.75, 3.05) is 21.2 Å². The molecule has 0 aliphatic carbocycles. The fraction of sp³-hybridized carbons (Fsp3) is 0.286. The highest BCUT2D eigenvalue weighted by atomic mass is 32.2. The highest BCUT2D eigenvalue weighted by molar-refractivity contribution is 7.87. The lowest BCUT2D eigenvalue weighted by molar-refractivity contribution is 0.415. The number of methoxy groups -OCH3 is 1. The molecule has 0 fully saturated rings. The molecule has 0 atom stereocenters. The summed E-state index contributed by atoms with van der Waals surface area (Å²) in [5.74, 6) is 0.761. The Hall–Kier alpha value is -2.03. The quantitative estimate of drug-likeness (QED) is 0.859. The minimum absolute atomic E-state index is 0.103. The molecule has 1 N–H and O–H groups in total. The molecule has 118 valence electrons. The summed E-state index contributed by atoms with van der Waals surface area (Å²) in [6, 6.07) is 9.20. The molecule has 2 rings (SSSR count). The maximum absolute atomic E-state index is 11.7. The van der Waals surface area contributed by atoms with Crippen molar-refractivity contribution < 1.29 is 13.2 Å². The van der Waals surface area contributed by atoms with Crippen LogP contribution in [0.5, 0.6) is 5.75 Å². The zero-order valence-electron chi connectivity index (χ0n) is 12.6. The van der Waals surface area contributed by atoms with Gasteiger partial charge in [0, 0.05) is 19.7 Å². The van der Waals surface area contributed by atoms with E-state index in [0.717, 1.165) is 21.3 Å². The van der Waals surface area contributed by atoms with Crippen LogP contribution in [0.25, 0.3) is 11.3 Å². The average molecular weight is 322 g/mol. The number of ether oxygens (including phenoxy) is 1. The van der Waals surface area contributed by atoms with Gasteiger partial charge in [-0.15, -0.1) is 0 Å². The van der Waals surface area contributed by atoms with Gasteiger partial charge >= 0.3 is 0 Å². The van der Waals surface area contributed by atoms with E-state index in [1.54, 1.807) is 13.2 Å². The number of rotatable bonds is 6. The van der Waals surface area contributed by atoms with E-state index < -0.39 is 10.2 Å². The van der Waals surface area contributed by atoms with Gasteiger partial charge in [0.1, 0.15) is 12.1 Å². The number of hydrogen-bond donors (Lipinski definition) is 1. The topological polar surface area (TPSA) is 84.4 Å². The van der Waals surface area contributed by atoms with E-state index in [2.05, 4.69) is 14.7 Å². The molecular weight excluding hydrogens is 304 g/mol. The molecule has 0 saturated carbocycles. The van der Waals surface area contributed by atoms with Crippen molar-refractivity contribution in [1.29, 1.82) is 0 Å². The third kappa shape index (κ3) is 4.00. The average Bonchev–Trinajstić information content (AvgIpc) is 2.53. The Morgan fingerprint density at radius 3 is 2.45 bits per heavy atom. The molecule has 2 aromatic rings. The van der Waals surface area contributed by atoms with Crippen LogP contribution >= 0.6 is 0 Å². The van der Waals surface area contributed by atoms with Crippen LogP contribution in [0.4, 0.5) is 0 Å². The van der Waals surface area contributed by atoms with Gasteiger partial charge in [0.15, 0.2) is 0 Å².